The van der Waals surface area contributed by atoms with Gasteiger partial charge in [-0.05, 0) is 34.7 Å². The highest BCUT2D eigenvalue weighted by molar-refractivity contribution is 6.06. The second-order valence-corrected chi connectivity index (χ2v) is 5.01. The van der Waals surface area contributed by atoms with Crippen LogP contribution in [-0.4, -0.2) is 38.1 Å². The van der Waals surface area contributed by atoms with Gasteiger partial charge in [0.1, 0.15) is 17.9 Å². The van der Waals surface area contributed by atoms with Crippen LogP contribution in [0.15, 0.2) is 42.7 Å². The molecule has 0 spiro atoms. The van der Waals surface area contributed by atoms with Crippen LogP contribution >= 0.6 is 0 Å². The van der Waals surface area contributed by atoms with Gasteiger partial charge in [0.2, 0.25) is 0 Å². The Morgan fingerprint density at radius 2 is 2.12 bits per heavy atom. The third-order valence-electron chi connectivity index (χ3n) is 3.45. The molecule has 0 unspecified atom stereocenters. The van der Waals surface area contributed by atoms with Crippen LogP contribution in [0.3, 0.4) is 0 Å². The number of methoxy groups -OCH3 is 1. The monoisotopic (exact) mass is 358 g/mol. The summed E-state index contributed by atoms with van der Waals surface area (Å²) in [5.41, 5.74) is -0.123. The highest BCUT2D eigenvalue weighted by Gasteiger charge is 2.19. The lowest BCUT2D eigenvalue weighted by Crippen LogP contribution is -2.15. The third kappa shape index (κ3) is 3.31. The SMILES string of the molecule is COc1ccc([N+](=O)[O-])cc1C(=O)Nc1cc(-n2cnnn2)ccc1F. The van der Waals surface area contributed by atoms with Crippen molar-refractivity contribution >= 4 is 17.3 Å². The number of ether oxygens (including phenoxy) is 1. The number of tetrazole rings is 1. The highest BCUT2D eigenvalue weighted by atomic mass is 19.1. The number of nitro groups is 1. The van der Waals surface area contributed by atoms with Gasteiger partial charge < -0.3 is 10.1 Å². The van der Waals surface area contributed by atoms with Crippen LogP contribution in [0.2, 0.25) is 0 Å². The van der Waals surface area contributed by atoms with Crippen LogP contribution in [0.1, 0.15) is 10.4 Å². The van der Waals surface area contributed by atoms with Crippen molar-refractivity contribution in [3.05, 3.63) is 64.2 Å². The Morgan fingerprint density at radius 3 is 2.77 bits per heavy atom. The van der Waals surface area contributed by atoms with E-state index < -0.39 is 16.6 Å². The maximum atomic E-state index is 14.1. The molecule has 3 aromatic rings. The number of halogens is 1. The first-order valence-electron chi connectivity index (χ1n) is 7.16. The van der Waals surface area contributed by atoms with Crippen LogP contribution in [0.4, 0.5) is 15.8 Å². The molecular formula is C15H11FN6O4. The number of carbonyl (C=O) groups is 1. The molecule has 132 valence electrons. The summed E-state index contributed by atoms with van der Waals surface area (Å²) in [5.74, 6) is -1.34. The van der Waals surface area contributed by atoms with Crippen molar-refractivity contribution in [3.63, 3.8) is 0 Å². The molecule has 3 rings (SSSR count). The maximum absolute atomic E-state index is 14.1. The van der Waals surface area contributed by atoms with E-state index in [1.54, 1.807) is 0 Å². The first kappa shape index (κ1) is 17.0. The summed E-state index contributed by atoms with van der Waals surface area (Å²) in [4.78, 5) is 22.8. The fraction of sp³-hybridized carbons (Fsp3) is 0.0667. The first-order chi connectivity index (χ1) is 12.5. The van der Waals surface area contributed by atoms with E-state index in [0.29, 0.717) is 5.69 Å². The summed E-state index contributed by atoms with van der Waals surface area (Å²) in [7, 11) is 1.32. The molecule has 1 heterocycles. The lowest BCUT2D eigenvalue weighted by Gasteiger charge is -2.11. The molecule has 0 atom stereocenters. The van der Waals surface area contributed by atoms with Gasteiger partial charge in [-0.2, -0.15) is 0 Å². The fourth-order valence-corrected chi connectivity index (χ4v) is 2.21. The van der Waals surface area contributed by atoms with Crippen molar-refractivity contribution in [2.75, 3.05) is 12.4 Å². The zero-order valence-electron chi connectivity index (χ0n) is 13.3. The second-order valence-electron chi connectivity index (χ2n) is 5.01. The van der Waals surface area contributed by atoms with Gasteiger partial charge in [0.05, 0.1) is 29.0 Å². The number of amides is 1. The number of non-ortho nitro benzene ring substituents is 1. The minimum absolute atomic E-state index is 0.103. The Labute approximate surface area is 145 Å². The average molecular weight is 358 g/mol. The quantitative estimate of drug-likeness (QED) is 0.546. The maximum Gasteiger partial charge on any atom is 0.270 e. The molecule has 2 aromatic carbocycles. The lowest BCUT2D eigenvalue weighted by molar-refractivity contribution is -0.384. The molecule has 10 nitrogen and oxygen atoms in total. The topological polar surface area (TPSA) is 125 Å². The van der Waals surface area contributed by atoms with E-state index in [1.165, 1.54) is 42.4 Å². The lowest BCUT2D eigenvalue weighted by atomic mass is 10.1. The van der Waals surface area contributed by atoms with Gasteiger partial charge in [-0.1, -0.05) is 0 Å². The molecule has 0 bridgehead atoms. The smallest absolute Gasteiger partial charge is 0.270 e. The van der Waals surface area contributed by atoms with Gasteiger partial charge in [-0.3, -0.25) is 14.9 Å². The van der Waals surface area contributed by atoms with Crippen LogP contribution in [0, 0.1) is 15.9 Å². The summed E-state index contributed by atoms with van der Waals surface area (Å²) in [6.07, 6.45) is 1.31. The molecule has 0 radical (unpaired) electrons. The van der Waals surface area contributed by atoms with Crippen molar-refractivity contribution in [1.82, 2.24) is 20.2 Å². The van der Waals surface area contributed by atoms with Crippen molar-refractivity contribution < 1.29 is 18.8 Å². The molecule has 11 heteroatoms. The van der Waals surface area contributed by atoms with Crippen molar-refractivity contribution in [2.24, 2.45) is 0 Å². The average Bonchev–Trinajstić information content (AvgIpc) is 3.17. The Balaban J connectivity index is 1.94. The zero-order valence-corrected chi connectivity index (χ0v) is 13.3. The van der Waals surface area contributed by atoms with Gasteiger partial charge in [0, 0.05) is 12.1 Å². The van der Waals surface area contributed by atoms with E-state index >= 15 is 0 Å². The van der Waals surface area contributed by atoms with Gasteiger partial charge >= 0.3 is 0 Å². The van der Waals surface area contributed by atoms with E-state index in [1.807, 2.05) is 0 Å². The number of nitrogens with one attached hydrogen (secondary N) is 1. The number of nitro benzene ring substituents is 1. The summed E-state index contributed by atoms with van der Waals surface area (Å²) in [6.45, 7) is 0. The molecule has 0 aliphatic heterocycles. The molecule has 26 heavy (non-hydrogen) atoms. The molecule has 1 aromatic heterocycles. The summed E-state index contributed by atoms with van der Waals surface area (Å²) >= 11 is 0. The Kier molecular flexibility index (Phi) is 4.51. The van der Waals surface area contributed by atoms with E-state index in [0.717, 1.165) is 12.1 Å². The van der Waals surface area contributed by atoms with Gasteiger partial charge in [0.25, 0.3) is 11.6 Å². The number of nitrogens with zero attached hydrogens (tertiary/aromatic N) is 5. The van der Waals surface area contributed by atoms with E-state index in [9.17, 15) is 19.3 Å². The van der Waals surface area contributed by atoms with Gasteiger partial charge in [-0.15, -0.1) is 5.10 Å². The zero-order chi connectivity index (χ0) is 18.7. The Bertz CT molecular complexity index is 976. The molecule has 1 N–H and O–H groups in total. The predicted molar refractivity (Wildman–Crippen MR) is 86.7 cm³/mol. The van der Waals surface area contributed by atoms with Crippen LogP contribution < -0.4 is 10.1 Å². The van der Waals surface area contributed by atoms with Crippen molar-refractivity contribution in [3.8, 4) is 11.4 Å². The normalized spacial score (nSPS) is 10.4. The summed E-state index contributed by atoms with van der Waals surface area (Å²) < 4.78 is 20.4. The van der Waals surface area contributed by atoms with Crippen molar-refractivity contribution in [2.45, 2.75) is 0 Å². The Morgan fingerprint density at radius 1 is 1.31 bits per heavy atom. The third-order valence-corrected chi connectivity index (χ3v) is 3.45. The molecular weight excluding hydrogens is 347 g/mol. The molecule has 0 aliphatic rings. The van der Waals surface area contributed by atoms with Gasteiger partial charge in [0.15, 0.2) is 0 Å². The number of benzene rings is 2. The number of carbonyl (C=O) groups excluding carboxylic acids is 1. The standard InChI is InChI=1S/C15H11FN6O4/c1-26-14-5-3-10(22(24)25)6-11(14)15(23)18-13-7-9(2-4-12(13)16)21-8-17-19-20-21/h2-8H,1H3,(H,18,23). The van der Waals surface area contributed by atoms with Crippen LogP contribution in [-0.2, 0) is 0 Å². The highest BCUT2D eigenvalue weighted by Crippen LogP contribution is 2.26. The molecule has 0 fully saturated rings. The summed E-state index contributed by atoms with van der Waals surface area (Å²) in [6, 6.07) is 7.44. The molecule has 0 aliphatic carbocycles. The number of hydrogen-bond acceptors (Lipinski definition) is 7. The molecule has 0 saturated heterocycles. The number of rotatable bonds is 5. The minimum atomic E-state index is -0.765. The first-order valence-corrected chi connectivity index (χ1v) is 7.16. The van der Waals surface area contributed by atoms with Crippen LogP contribution in [0.25, 0.3) is 5.69 Å². The number of aromatic nitrogens is 4. The van der Waals surface area contributed by atoms with Crippen LogP contribution in [0.5, 0.6) is 5.75 Å². The van der Waals surface area contributed by atoms with E-state index in [-0.39, 0.29) is 22.7 Å². The Hall–Kier alpha value is -3.89. The van der Waals surface area contributed by atoms with Gasteiger partial charge in [-0.25, -0.2) is 9.07 Å². The van der Waals surface area contributed by atoms with E-state index in [2.05, 4.69) is 20.8 Å². The molecule has 0 saturated carbocycles. The van der Waals surface area contributed by atoms with Crippen molar-refractivity contribution in [1.29, 1.82) is 0 Å². The number of hydrogen-bond donors (Lipinski definition) is 1. The minimum Gasteiger partial charge on any atom is -0.496 e. The second kappa shape index (κ2) is 6.93. The fourth-order valence-electron chi connectivity index (χ4n) is 2.21. The predicted octanol–water partition coefficient (Wildman–Crippen LogP) is 1.97. The van der Waals surface area contributed by atoms with E-state index in [4.69, 9.17) is 4.74 Å². The molecule has 1 amide bonds. The number of anilines is 1. The largest absolute Gasteiger partial charge is 0.496 e. The summed E-state index contributed by atoms with van der Waals surface area (Å²) in [5, 5.41) is 23.9.